The summed E-state index contributed by atoms with van der Waals surface area (Å²) in [6.07, 6.45) is 0.820. The zero-order chi connectivity index (χ0) is 22.1. The van der Waals surface area contributed by atoms with E-state index >= 15 is 0 Å². The minimum absolute atomic E-state index is 0. The predicted molar refractivity (Wildman–Crippen MR) is 142 cm³/mol. The standard InChI is InChI=1S/C25H36N4O.HI/c1-7-26-24(28-18-25(3,4)22-13-11-19(2)12-14-22)27-16-15-20-9-8-10-21(17-20)23(30)29(5)6;/h8-14,17H,7,15-16,18H2,1-6H3,(H2,26,27,28);1H. The highest BCUT2D eigenvalue weighted by Gasteiger charge is 2.20. The molecule has 0 spiro atoms. The summed E-state index contributed by atoms with van der Waals surface area (Å²) in [4.78, 5) is 18.6. The Kier molecular flexibility index (Phi) is 11.0. The number of carbonyl (C=O) groups excluding carboxylic acids is 1. The van der Waals surface area contributed by atoms with Crippen LogP contribution in [0.15, 0.2) is 53.5 Å². The Labute approximate surface area is 204 Å². The molecule has 0 saturated heterocycles. The van der Waals surface area contributed by atoms with Crippen LogP contribution in [-0.4, -0.2) is 50.5 Å². The van der Waals surface area contributed by atoms with Gasteiger partial charge in [-0.25, -0.2) is 0 Å². The second-order valence-electron chi connectivity index (χ2n) is 8.52. The quantitative estimate of drug-likeness (QED) is 0.299. The number of hydrogen-bond acceptors (Lipinski definition) is 2. The molecule has 1 amide bonds. The van der Waals surface area contributed by atoms with Gasteiger partial charge in [0.05, 0.1) is 6.54 Å². The third-order valence-electron chi connectivity index (χ3n) is 5.10. The van der Waals surface area contributed by atoms with Gasteiger partial charge in [0, 0.05) is 38.2 Å². The lowest BCUT2D eigenvalue weighted by Gasteiger charge is -2.24. The van der Waals surface area contributed by atoms with Gasteiger partial charge in [-0.2, -0.15) is 0 Å². The van der Waals surface area contributed by atoms with E-state index in [1.165, 1.54) is 11.1 Å². The summed E-state index contributed by atoms with van der Waals surface area (Å²) in [6, 6.07) is 16.5. The molecule has 0 aliphatic carbocycles. The number of rotatable bonds is 8. The Balaban J connectivity index is 0.00000480. The first kappa shape index (κ1) is 26.9. The van der Waals surface area contributed by atoms with Crippen molar-refractivity contribution in [3.05, 3.63) is 70.8 Å². The molecule has 5 nitrogen and oxygen atoms in total. The molecule has 2 aromatic rings. The van der Waals surface area contributed by atoms with Crippen LogP contribution in [0.5, 0.6) is 0 Å². The molecule has 2 rings (SSSR count). The van der Waals surface area contributed by atoms with Crippen LogP contribution in [-0.2, 0) is 11.8 Å². The number of carbonyl (C=O) groups is 1. The highest BCUT2D eigenvalue weighted by Crippen LogP contribution is 2.23. The second kappa shape index (κ2) is 12.7. The van der Waals surface area contributed by atoms with Crippen LogP contribution in [0.3, 0.4) is 0 Å². The van der Waals surface area contributed by atoms with Crippen molar-refractivity contribution in [3.63, 3.8) is 0 Å². The lowest BCUT2D eigenvalue weighted by molar-refractivity contribution is 0.0827. The lowest BCUT2D eigenvalue weighted by atomic mass is 9.84. The first-order valence-corrected chi connectivity index (χ1v) is 10.6. The molecule has 2 N–H and O–H groups in total. The van der Waals surface area contributed by atoms with Crippen LogP contribution in [0.2, 0.25) is 0 Å². The molecular formula is C25H37IN4O. The van der Waals surface area contributed by atoms with E-state index in [0.29, 0.717) is 6.54 Å². The van der Waals surface area contributed by atoms with Crippen LogP contribution in [0, 0.1) is 6.92 Å². The van der Waals surface area contributed by atoms with Crippen molar-refractivity contribution in [1.29, 1.82) is 0 Å². The molecule has 6 heteroatoms. The van der Waals surface area contributed by atoms with Crippen molar-refractivity contribution in [3.8, 4) is 0 Å². The summed E-state index contributed by atoms with van der Waals surface area (Å²) in [5.74, 6) is 0.844. The molecule has 0 bridgehead atoms. The van der Waals surface area contributed by atoms with E-state index in [1.807, 2.05) is 18.2 Å². The maximum Gasteiger partial charge on any atom is 0.253 e. The molecular weight excluding hydrogens is 499 g/mol. The van der Waals surface area contributed by atoms with Gasteiger partial charge >= 0.3 is 0 Å². The third kappa shape index (κ3) is 8.51. The van der Waals surface area contributed by atoms with E-state index in [4.69, 9.17) is 4.99 Å². The average molecular weight is 537 g/mol. The van der Waals surface area contributed by atoms with Crippen molar-refractivity contribution < 1.29 is 4.79 Å². The van der Waals surface area contributed by atoms with Crippen molar-refractivity contribution >= 4 is 35.8 Å². The molecule has 0 fully saturated rings. The highest BCUT2D eigenvalue weighted by molar-refractivity contribution is 14.0. The van der Waals surface area contributed by atoms with Gasteiger partial charge < -0.3 is 15.5 Å². The highest BCUT2D eigenvalue weighted by atomic mass is 127. The zero-order valence-corrected chi connectivity index (χ0v) is 22.0. The zero-order valence-electron chi connectivity index (χ0n) is 19.7. The smallest absolute Gasteiger partial charge is 0.253 e. The molecule has 2 aromatic carbocycles. The van der Waals surface area contributed by atoms with E-state index in [2.05, 4.69) is 68.7 Å². The fourth-order valence-corrected chi connectivity index (χ4v) is 3.16. The minimum Gasteiger partial charge on any atom is -0.357 e. The lowest BCUT2D eigenvalue weighted by Crippen LogP contribution is -2.39. The van der Waals surface area contributed by atoms with Gasteiger partial charge in [-0.3, -0.25) is 9.79 Å². The van der Waals surface area contributed by atoms with Gasteiger partial charge in [-0.15, -0.1) is 24.0 Å². The van der Waals surface area contributed by atoms with Crippen LogP contribution in [0.1, 0.15) is 47.8 Å². The molecule has 0 atom stereocenters. The maximum atomic E-state index is 12.2. The van der Waals surface area contributed by atoms with Gasteiger partial charge in [-0.1, -0.05) is 55.8 Å². The number of nitrogens with zero attached hydrogens (tertiary/aromatic N) is 2. The molecule has 31 heavy (non-hydrogen) atoms. The Morgan fingerprint density at radius 2 is 1.74 bits per heavy atom. The molecule has 0 heterocycles. The number of halogens is 1. The molecule has 0 radical (unpaired) electrons. The topological polar surface area (TPSA) is 56.7 Å². The Morgan fingerprint density at radius 1 is 1.06 bits per heavy atom. The number of hydrogen-bond donors (Lipinski definition) is 2. The summed E-state index contributed by atoms with van der Waals surface area (Å²) < 4.78 is 0. The van der Waals surface area contributed by atoms with E-state index in [-0.39, 0.29) is 35.3 Å². The number of aliphatic imine (C=N–C) groups is 1. The normalized spacial score (nSPS) is 11.5. The second-order valence-corrected chi connectivity index (χ2v) is 8.52. The number of guanidine groups is 1. The third-order valence-corrected chi connectivity index (χ3v) is 5.10. The van der Waals surface area contributed by atoms with Crippen molar-refractivity contribution in [2.45, 2.75) is 39.5 Å². The summed E-state index contributed by atoms with van der Waals surface area (Å²) in [5, 5.41) is 6.74. The van der Waals surface area contributed by atoms with Gasteiger partial charge in [0.1, 0.15) is 0 Å². The molecule has 0 aliphatic heterocycles. The van der Waals surface area contributed by atoms with Gasteiger partial charge in [0.25, 0.3) is 5.91 Å². The Hall–Kier alpha value is -2.09. The van der Waals surface area contributed by atoms with Crippen LogP contribution in [0.4, 0.5) is 0 Å². The largest absolute Gasteiger partial charge is 0.357 e. The monoisotopic (exact) mass is 536 g/mol. The van der Waals surface area contributed by atoms with Gasteiger partial charge in [-0.05, 0) is 43.5 Å². The summed E-state index contributed by atoms with van der Waals surface area (Å²) in [5.41, 5.74) is 4.36. The Bertz CT molecular complexity index is 860. The fourth-order valence-electron chi connectivity index (χ4n) is 3.16. The SMILES string of the molecule is CCNC(=NCC(C)(C)c1ccc(C)cc1)NCCc1cccc(C(=O)N(C)C)c1.I. The van der Waals surface area contributed by atoms with E-state index in [0.717, 1.165) is 36.6 Å². The molecule has 0 saturated carbocycles. The average Bonchev–Trinajstić information content (AvgIpc) is 2.72. The predicted octanol–water partition coefficient (Wildman–Crippen LogP) is 4.39. The van der Waals surface area contributed by atoms with Crippen molar-refractivity contribution in [1.82, 2.24) is 15.5 Å². The van der Waals surface area contributed by atoms with Crippen molar-refractivity contribution in [2.75, 3.05) is 33.7 Å². The summed E-state index contributed by atoms with van der Waals surface area (Å²) in [7, 11) is 3.54. The number of nitrogens with one attached hydrogen (secondary N) is 2. The molecule has 0 unspecified atom stereocenters. The molecule has 170 valence electrons. The van der Waals surface area contributed by atoms with Crippen LogP contribution in [0.25, 0.3) is 0 Å². The number of amides is 1. The van der Waals surface area contributed by atoms with Gasteiger partial charge in [0.15, 0.2) is 5.96 Å². The van der Waals surface area contributed by atoms with E-state index in [1.54, 1.807) is 19.0 Å². The van der Waals surface area contributed by atoms with Gasteiger partial charge in [0.2, 0.25) is 0 Å². The number of aryl methyl sites for hydroxylation is 1. The maximum absolute atomic E-state index is 12.2. The van der Waals surface area contributed by atoms with E-state index in [9.17, 15) is 4.79 Å². The molecule has 0 aromatic heterocycles. The summed E-state index contributed by atoms with van der Waals surface area (Å²) in [6.45, 7) is 10.9. The molecule has 0 aliphatic rings. The van der Waals surface area contributed by atoms with Crippen molar-refractivity contribution in [2.24, 2.45) is 4.99 Å². The van der Waals surface area contributed by atoms with Crippen LogP contribution < -0.4 is 10.6 Å². The summed E-state index contributed by atoms with van der Waals surface area (Å²) >= 11 is 0. The number of benzene rings is 2. The first-order chi connectivity index (χ1) is 14.2. The fraction of sp³-hybridized carbons (Fsp3) is 0.440. The van der Waals surface area contributed by atoms with Crippen LogP contribution >= 0.6 is 24.0 Å². The first-order valence-electron chi connectivity index (χ1n) is 10.6. The Morgan fingerprint density at radius 3 is 2.35 bits per heavy atom. The van der Waals surface area contributed by atoms with E-state index < -0.39 is 0 Å². The minimum atomic E-state index is -0.0447.